The minimum Gasteiger partial charge on any atom is -0.469 e. The number of benzene rings is 1. The Hall–Kier alpha value is -1.84. The van der Waals surface area contributed by atoms with Gasteiger partial charge in [-0.25, -0.2) is 0 Å². The van der Waals surface area contributed by atoms with Crippen molar-refractivity contribution in [3.05, 3.63) is 35.4 Å². The van der Waals surface area contributed by atoms with E-state index in [1.165, 1.54) is 7.11 Å². The first kappa shape index (κ1) is 11.6. The topological polar surface area (TPSA) is 52.6 Å². The molecule has 0 spiro atoms. The summed E-state index contributed by atoms with van der Waals surface area (Å²) in [5.74, 6) is -1.29. The molecule has 0 N–H and O–H groups in total. The molecule has 2 rings (SSSR count). The number of esters is 2. The predicted octanol–water partition coefficient (Wildman–Crippen LogP) is 1.77. The Morgan fingerprint density at radius 3 is 2.59 bits per heavy atom. The maximum Gasteiger partial charge on any atom is 0.313 e. The van der Waals surface area contributed by atoms with Crippen LogP contribution in [0.5, 0.6) is 0 Å². The van der Waals surface area contributed by atoms with Crippen LogP contribution in [-0.4, -0.2) is 19.0 Å². The van der Waals surface area contributed by atoms with E-state index in [1.54, 1.807) is 0 Å². The second-order valence-corrected chi connectivity index (χ2v) is 4.15. The van der Waals surface area contributed by atoms with Gasteiger partial charge in [-0.2, -0.15) is 0 Å². The molecule has 1 aliphatic rings. The highest BCUT2D eigenvalue weighted by Gasteiger charge is 2.41. The van der Waals surface area contributed by atoms with E-state index >= 15 is 0 Å². The molecule has 0 amide bonds. The van der Waals surface area contributed by atoms with Crippen LogP contribution >= 0.6 is 0 Å². The van der Waals surface area contributed by atoms with Crippen LogP contribution in [0, 0.1) is 12.8 Å². The molecule has 4 heteroatoms. The second kappa shape index (κ2) is 4.57. The van der Waals surface area contributed by atoms with Crippen molar-refractivity contribution >= 4 is 11.9 Å². The average molecular weight is 234 g/mol. The normalized spacial score (nSPS) is 23.3. The maximum absolute atomic E-state index is 11.6. The number of rotatable bonds is 2. The number of cyclic esters (lactones) is 1. The van der Waals surface area contributed by atoms with Crippen LogP contribution in [0.4, 0.5) is 0 Å². The number of hydrogen-bond donors (Lipinski definition) is 0. The molecule has 0 aromatic heterocycles. The van der Waals surface area contributed by atoms with E-state index in [9.17, 15) is 9.59 Å². The van der Waals surface area contributed by atoms with Crippen molar-refractivity contribution in [3.8, 4) is 0 Å². The quantitative estimate of drug-likeness (QED) is 0.732. The van der Waals surface area contributed by atoms with Crippen molar-refractivity contribution < 1.29 is 19.1 Å². The third-order valence-electron chi connectivity index (χ3n) is 2.92. The molecule has 0 aliphatic carbocycles. The van der Waals surface area contributed by atoms with Crippen molar-refractivity contribution in [1.29, 1.82) is 0 Å². The molecule has 17 heavy (non-hydrogen) atoms. The Kier molecular flexibility index (Phi) is 3.13. The zero-order chi connectivity index (χ0) is 12.4. The molecule has 90 valence electrons. The SMILES string of the molecule is COC(=O)[C@H]1CC(=O)O[C@@H]1c1ccc(C)cc1. The summed E-state index contributed by atoms with van der Waals surface area (Å²) in [6, 6.07) is 7.59. The van der Waals surface area contributed by atoms with Gasteiger partial charge in [0.1, 0.15) is 12.0 Å². The molecule has 1 aromatic rings. The molecule has 1 aliphatic heterocycles. The molecular formula is C13H14O4. The summed E-state index contributed by atoms with van der Waals surface area (Å²) in [6.07, 6.45) is -0.430. The van der Waals surface area contributed by atoms with Crippen molar-refractivity contribution in [2.45, 2.75) is 19.4 Å². The minimum absolute atomic E-state index is 0.0885. The van der Waals surface area contributed by atoms with E-state index in [0.29, 0.717) is 0 Å². The van der Waals surface area contributed by atoms with Gasteiger partial charge in [0.2, 0.25) is 0 Å². The van der Waals surface area contributed by atoms with E-state index in [2.05, 4.69) is 4.74 Å². The van der Waals surface area contributed by atoms with Gasteiger partial charge in [0, 0.05) is 0 Å². The van der Waals surface area contributed by atoms with E-state index in [1.807, 2.05) is 31.2 Å². The average Bonchev–Trinajstić information content (AvgIpc) is 2.71. The number of carbonyl (C=O) groups is 2. The molecule has 0 saturated carbocycles. The Labute approximate surface area is 99.5 Å². The number of carbonyl (C=O) groups excluding carboxylic acids is 2. The molecule has 1 fully saturated rings. The molecule has 0 unspecified atom stereocenters. The van der Waals surface area contributed by atoms with Gasteiger partial charge in [-0.05, 0) is 12.5 Å². The third kappa shape index (κ3) is 2.30. The lowest BCUT2D eigenvalue weighted by Crippen LogP contribution is -2.19. The monoisotopic (exact) mass is 234 g/mol. The van der Waals surface area contributed by atoms with Crippen LogP contribution in [0.15, 0.2) is 24.3 Å². The second-order valence-electron chi connectivity index (χ2n) is 4.15. The maximum atomic E-state index is 11.6. The van der Waals surface area contributed by atoms with Gasteiger partial charge in [-0.3, -0.25) is 9.59 Å². The van der Waals surface area contributed by atoms with Crippen molar-refractivity contribution in [1.82, 2.24) is 0 Å². The highest BCUT2D eigenvalue weighted by Crippen LogP contribution is 2.36. The lowest BCUT2D eigenvalue weighted by Gasteiger charge is -2.15. The molecule has 1 aromatic carbocycles. The summed E-state index contributed by atoms with van der Waals surface area (Å²) in [7, 11) is 1.32. The highest BCUT2D eigenvalue weighted by atomic mass is 16.6. The Balaban J connectivity index is 2.26. The Morgan fingerprint density at radius 2 is 2.00 bits per heavy atom. The first-order valence-corrected chi connectivity index (χ1v) is 5.45. The first-order valence-electron chi connectivity index (χ1n) is 5.45. The van der Waals surface area contributed by atoms with Crippen LogP contribution < -0.4 is 0 Å². The number of hydrogen-bond acceptors (Lipinski definition) is 4. The summed E-state index contributed by atoms with van der Waals surface area (Å²) in [4.78, 5) is 22.9. The molecule has 1 heterocycles. The number of aryl methyl sites for hydroxylation is 1. The standard InChI is InChI=1S/C13H14O4/c1-8-3-5-9(6-4-8)12-10(13(15)16-2)7-11(14)17-12/h3-6,10,12H,7H2,1-2H3/t10-,12+/m0/s1. The zero-order valence-electron chi connectivity index (χ0n) is 9.80. The van der Waals surface area contributed by atoms with Gasteiger partial charge >= 0.3 is 11.9 Å². The van der Waals surface area contributed by atoms with E-state index < -0.39 is 18.0 Å². The third-order valence-corrected chi connectivity index (χ3v) is 2.92. The van der Waals surface area contributed by atoms with Gasteiger partial charge in [-0.1, -0.05) is 29.8 Å². The predicted molar refractivity (Wildman–Crippen MR) is 60.1 cm³/mol. The highest BCUT2D eigenvalue weighted by molar-refractivity contribution is 5.83. The summed E-state index contributed by atoms with van der Waals surface area (Å²) in [5.41, 5.74) is 1.95. The van der Waals surface area contributed by atoms with Crippen LogP contribution in [0.1, 0.15) is 23.7 Å². The molecule has 1 saturated heterocycles. The fourth-order valence-electron chi connectivity index (χ4n) is 1.97. The van der Waals surface area contributed by atoms with Crippen LogP contribution in [-0.2, 0) is 19.1 Å². The van der Waals surface area contributed by atoms with Crippen molar-refractivity contribution in [3.63, 3.8) is 0 Å². The van der Waals surface area contributed by atoms with Gasteiger partial charge in [0.15, 0.2) is 0 Å². The van der Waals surface area contributed by atoms with Gasteiger partial charge in [0.05, 0.1) is 13.5 Å². The summed E-state index contributed by atoms with van der Waals surface area (Å²) in [6.45, 7) is 1.97. The first-order chi connectivity index (χ1) is 8.11. The molecule has 4 nitrogen and oxygen atoms in total. The smallest absolute Gasteiger partial charge is 0.313 e. The van der Waals surface area contributed by atoms with E-state index in [0.717, 1.165) is 11.1 Å². The number of methoxy groups -OCH3 is 1. The Bertz CT molecular complexity index is 435. The van der Waals surface area contributed by atoms with Crippen LogP contribution in [0.2, 0.25) is 0 Å². The summed E-state index contributed by atoms with van der Waals surface area (Å²) >= 11 is 0. The van der Waals surface area contributed by atoms with E-state index in [-0.39, 0.29) is 12.4 Å². The lowest BCUT2D eigenvalue weighted by molar-refractivity contribution is -0.147. The van der Waals surface area contributed by atoms with Crippen LogP contribution in [0.3, 0.4) is 0 Å². The summed E-state index contributed by atoms with van der Waals surface area (Å²) in [5, 5.41) is 0. The zero-order valence-corrected chi connectivity index (χ0v) is 9.80. The molecule has 0 radical (unpaired) electrons. The van der Waals surface area contributed by atoms with Gasteiger partial charge in [0.25, 0.3) is 0 Å². The van der Waals surface area contributed by atoms with Gasteiger partial charge < -0.3 is 9.47 Å². The minimum atomic E-state index is -0.532. The van der Waals surface area contributed by atoms with E-state index in [4.69, 9.17) is 4.74 Å². The number of ether oxygens (including phenoxy) is 2. The largest absolute Gasteiger partial charge is 0.469 e. The fraction of sp³-hybridized carbons (Fsp3) is 0.385. The lowest BCUT2D eigenvalue weighted by atomic mass is 9.95. The van der Waals surface area contributed by atoms with Crippen molar-refractivity contribution in [2.24, 2.45) is 5.92 Å². The Morgan fingerprint density at radius 1 is 1.35 bits per heavy atom. The van der Waals surface area contributed by atoms with Crippen LogP contribution in [0.25, 0.3) is 0 Å². The van der Waals surface area contributed by atoms with Crippen molar-refractivity contribution in [2.75, 3.05) is 7.11 Å². The fourth-order valence-corrected chi connectivity index (χ4v) is 1.97. The van der Waals surface area contributed by atoms with Gasteiger partial charge in [-0.15, -0.1) is 0 Å². The summed E-state index contributed by atoms with van der Waals surface area (Å²) < 4.78 is 9.87. The molecule has 0 bridgehead atoms. The molecular weight excluding hydrogens is 220 g/mol. The molecule has 2 atom stereocenters.